The molecule has 3 aliphatic rings. The number of carbonyl (C=O) groups excluding carboxylic acids is 2. The van der Waals surface area contributed by atoms with E-state index in [1.54, 1.807) is 17.9 Å². The van der Waals surface area contributed by atoms with Crippen LogP contribution in [0.5, 0.6) is 5.75 Å². The highest BCUT2D eigenvalue weighted by Crippen LogP contribution is 2.25. The van der Waals surface area contributed by atoms with E-state index in [0.717, 1.165) is 48.5 Å². The van der Waals surface area contributed by atoms with Gasteiger partial charge in [-0.05, 0) is 55.4 Å². The summed E-state index contributed by atoms with van der Waals surface area (Å²) in [5.74, 6) is 2.83. The van der Waals surface area contributed by atoms with E-state index in [-0.39, 0.29) is 36.1 Å². The molecule has 0 bridgehead atoms. The van der Waals surface area contributed by atoms with Gasteiger partial charge in [0.2, 0.25) is 11.9 Å². The second kappa shape index (κ2) is 13.4. The van der Waals surface area contributed by atoms with Crippen LogP contribution in [0.25, 0.3) is 0 Å². The summed E-state index contributed by atoms with van der Waals surface area (Å²) in [5, 5.41) is 20.7. The van der Waals surface area contributed by atoms with Crippen molar-refractivity contribution in [3.8, 4) is 5.75 Å². The normalized spacial score (nSPS) is 19.4. The summed E-state index contributed by atoms with van der Waals surface area (Å²) in [6.07, 6.45) is 3.31. The van der Waals surface area contributed by atoms with Gasteiger partial charge in [0.15, 0.2) is 12.2 Å². The zero-order valence-corrected chi connectivity index (χ0v) is 26.1. The molecular formula is C32H42N8O5. The summed E-state index contributed by atoms with van der Waals surface area (Å²) < 4.78 is 11.2. The molecule has 13 nitrogen and oxygen atoms in total. The molecule has 4 N–H and O–H groups in total. The number of amides is 2. The van der Waals surface area contributed by atoms with Crippen LogP contribution in [0, 0.1) is 12.8 Å². The number of anilines is 2. The van der Waals surface area contributed by atoms with E-state index in [0.29, 0.717) is 56.1 Å². The van der Waals surface area contributed by atoms with Crippen LogP contribution in [0.3, 0.4) is 0 Å². The van der Waals surface area contributed by atoms with Gasteiger partial charge in [0.25, 0.3) is 5.91 Å². The fourth-order valence-electron chi connectivity index (χ4n) is 5.93. The van der Waals surface area contributed by atoms with Gasteiger partial charge in [-0.2, -0.15) is 4.98 Å². The molecule has 2 amide bonds. The van der Waals surface area contributed by atoms with E-state index >= 15 is 0 Å². The van der Waals surface area contributed by atoms with Gasteiger partial charge in [0.1, 0.15) is 23.9 Å². The number of aliphatic hydroxyl groups excluding tert-OH is 1. The number of fused-ring (bicyclic) bond motifs is 1. The van der Waals surface area contributed by atoms with Crippen molar-refractivity contribution >= 4 is 23.6 Å². The summed E-state index contributed by atoms with van der Waals surface area (Å²) in [4.78, 5) is 42.3. The maximum atomic E-state index is 13.3. The number of ether oxygens (including phenoxy) is 1. The molecule has 1 unspecified atom stereocenters. The molecule has 0 radical (unpaired) electrons. The van der Waals surface area contributed by atoms with E-state index in [1.807, 2.05) is 25.1 Å². The molecule has 3 aliphatic heterocycles. The fourth-order valence-corrected chi connectivity index (χ4v) is 5.93. The Hall–Kier alpha value is -4.23. The van der Waals surface area contributed by atoms with Crippen LogP contribution in [0.1, 0.15) is 59.8 Å². The van der Waals surface area contributed by atoms with Crippen molar-refractivity contribution in [1.82, 2.24) is 30.5 Å². The monoisotopic (exact) mass is 618 g/mol. The number of aliphatic hydroxyl groups is 1. The highest BCUT2D eigenvalue weighted by atomic mass is 16.5. The van der Waals surface area contributed by atoms with Gasteiger partial charge in [-0.25, -0.2) is 9.97 Å². The molecule has 45 heavy (non-hydrogen) atoms. The average Bonchev–Trinajstić information content (AvgIpc) is 3.44. The minimum absolute atomic E-state index is 0.0429. The molecule has 0 spiro atoms. The number of rotatable bonds is 10. The number of nitrogens with zero attached hydrogens (tertiary/aromatic N) is 5. The van der Waals surface area contributed by atoms with Crippen molar-refractivity contribution < 1.29 is 23.8 Å². The number of carbonyl (C=O) groups is 2. The van der Waals surface area contributed by atoms with Crippen LogP contribution in [-0.4, -0.2) is 87.7 Å². The molecule has 0 aliphatic carbocycles. The minimum atomic E-state index is -0.803. The van der Waals surface area contributed by atoms with Crippen LogP contribution < -0.4 is 25.6 Å². The number of likely N-dealkylation sites (tertiary alicyclic amines) is 1. The third kappa shape index (κ3) is 7.36. The first-order valence-corrected chi connectivity index (χ1v) is 15.7. The molecule has 5 heterocycles. The highest BCUT2D eigenvalue weighted by Gasteiger charge is 2.30. The van der Waals surface area contributed by atoms with Gasteiger partial charge in [-0.1, -0.05) is 13.0 Å². The molecule has 2 fully saturated rings. The van der Waals surface area contributed by atoms with Crippen LogP contribution in [0.15, 0.2) is 35.1 Å². The van der Waals surface area contributed by atoms with Crippen LogP contribution >= 0.6 is 0 Å². The molecule has 1 aromatic carbocycles. The Morgan fingerprint density at radius 3 is 2.71 bits per heavy atom. The topological polar surface area (TPSA) is 158 Å². The van der Waals surface area contributed by atoms with Crippen molar-refractivity contribution in [3.05, 3.63) is 58.9 Å². The lowest BCUT2D eigenvalue weighted by Gasteiger charge is -2.39. The maximum absolute atomic E-state index is 13.3. The molecule has 3 aromatic rings. The smallest absolute Gasteiger partial charge is 0.270 e. The van der Waals surface area contributed by atoms with E-state index in [4.69, 9.17) is 14.1 Å². The lowest BCUT2D eigenvalue weighted by atomic mass is 9.92. The predicted octanol–water partition coefficient (Wildman–Crippen LogP) is 2.04. The van der Waals surface area contributed by atoms with Crippen molar-refractivity contribution in [2.75, 3.05) is 42.9 Å². The summed E-state index contributed by atoms with van der Waals surface area (Å²) >= 11 is 0. The molecule has 0 saturated carbocycles. The van der Waals surface area contributed by atoms with E-state index in [2.05, 4.69) is 37.7 Å². The Labute approximate surface area is 262 Å². The number of hydrogen-bond donors (Lipinski definition) is 4. The Morgan fingerprint density at radius 2 is 1.98 bits per heavy atom. The Bertz CT molecular complexity index is 1510. The molecular weight excluding hydrogens is 576 g/mol. The van der Waals surface area contributed by atoms with Gasteiger partial charge in [0.05, 0.1) is 17.8 Å². The fraction of sp³-hybridized carbons (Fsp3) is 0.531. The quantitative estimate of drug-likeness (QED) is 0.264. The molecule has 6 rings (SSSR count). The lowest BCUT2D eigenvalue weighted by molar-refractivity contribution is -0.132. The molecule has 240 valence electrons. The predicted molar refractivity (Wildman–Crippen MR) is 167 cm³/mol. The largest absolute Gasteiger partial charge is 0.486 e. The number of oxazole rings is 1. The van der Waals surface area contributed by atoms with Crippen molar-refractivity contribution in [2.24, 2.45) is 5.92 Å². The summed E-state index contributed by atoms with van der Waals surface area (Å²) in [7, 11) is 0. The van der Waals surface area contributed by atoms with Crippen molar-refractivity contribution in [3.63, 3.8) is 0 Å². The Morgan fingerprint density at radius 1 is 1.18 bits per heavy atom. The maximum Gasteiger partial charge on any atom is 0.270 e. The summed E-state index contributed by atoms with van der Waals surface area (Å²) in [5.41, 5.74) is 3.28. The van der Waals surface area contributed by atoms with E-state index in [1.165, 1.54) is 6.39 Å². The number of piperidine rings is 1. The average molecular weight is 619 g/mol. The van der Waals surface area contributed by atoms with Gasteiger partial charge in [-0.15, -0.1) is 0 Å². The summed E-state index contributed by atoms with van der Waals surface area (Å²) in [6.45, 7) is 9.48. The zero-order chi connectivity index (χ0) is 31.5. The standard InChI is InChI=1S/C32H42N8O5/c1-19-6-8-39(9-7-19)32-37-27(12-30(38-32)36-24-15-40(16-24)21(3)41)31(43)34-14-28(42)26-11-22-4-5-25(10-23(22)13-33-26)44-17-29-20(2)35-18-45-29/h4-5,10,12,18-19,24,26,28,33,42H,6-9,11,13-17H2,1-3H3,(H,34,43)(H,36,37,38)/t26-,28?/m0/s1. The Kier molecular flexibility index (Phi) is 9.17. The summed E-state index contributed by atoms with van der Waals surface area (Å²) in [6, 6.07) is 7.43. The van der Waals surface area contributed by atoms with Gasteiger partial charge < -0.3 is 40.0 Å². The number of aryl methyl sites for hydroxylation is 1. The van der Waals surface area contributed by atoms with Crippen LogP contribution in [0.4, 0.5) is 11.8 Å². The second-order valence-corrected chi connectivity index (χ2v) is 12.4. The molecule has 2 aromatic heterocycles. The minimum Gasteiger partial charge on any atom is -0.486 e. The number of aromatic nitrogens is 3. The number of hydrogen-bond acceptors (Lipinski definition) is 11. The molecule has 13 heteroatoms. The second-order valence-electron chi connectivity index (χ2n) is 12.4. The van der Waals surface area contributed by atoms with Crippen LogP contribution in [-0.2, 0) is 24.4 Å². The van der Waals surface area contributed by atoms with Gasteiger partial charge in [0, 0.05) is 58.3 Å². The SMILES string of the molecule is CC(=O)N1CC(Nc2cc(C(=O)NCC(O)[C@@H]3Cc4ccc(OCc5ocnc5C)cc4CN3)nc(N3CCC(C)CC3)n2)C1. The van der Waals surface area contributed by atoms with Gasteiger partial charge in [-0.3, -0.25) is 9.59 Å². The van der Waals surface area contributed by atoms with Crippen molar-refractivity contribution in [2.45, 2.75) is 71.4 Å². The first-order valence-electron chi connectivity index (χ1n) is 15.7. The third-order valence-electron chi connectivity index (χ3n) is 9.02. The molecule has 2 saturated heterocycles. The van der Waals surface area contributed by atoms with E-state index < -0.39 is 6.10 Å². The van der Waals surface area contributed by atoms with Crippen molar-refractivity contribution in [1.29, 1.82) is 0 Å². The third-order valence-corrected chi connectivity index (χ3v) is 9.02. The first kappa shape index (κ1) is 30.8. The highest BCUT2D eigenvalue weighted by molar-refractivity contribution is 5.93. The van der Waals surface area contributed by atoms with Gasteiger partial charge >= 0.3 is 0 Å². The number of nitrogens with one attached hydrogen (secondary N) is 3. The molecule has 2 atom stereocenters. The first-order chi connectivity index (χ1) is 21.7. The van der Waals surface area contributed by atoms with Crippen LogP contribution in [0.2, 0.25) is 0 Å². The Balaban J connectivity index is 1.06. The van der Waals surface area contributed by atoms with E-state index in [9.17, 15) is 14.7 Å². The number of benzene rings is 1. The lowest BCUT2D eigenvalue weighted by Crippen LogP contribution is -2.56. The zero-order valence-electron chi connectivity index (χ0n) is 26.1.